The second-order valence-corrected chi connectivity index (χ2v) is 4.72. The highest BCUT2D eigenvalue weighted by Crippen LogP contribution is 2.12. The van der Waals surface area contributed by atoms with E-state index < -0.39 is 0 Å². The number of benzene rings is 1. The molecule has 22 heavy (non-hydrogen) atoms. The number of hydrogen-bond acceptors (Lipinski definition) is 4. The maximum Gasteiger partial charge on any atom is 0.330 e. The Hall–Kier alpha value is -2.07. The Morgan fingerprint density at radius 2 is 1.95 bits per heavy atom. The number of anilines is 1. The smallest absolute Gasteiger partial charge is 0.330 e. The molecule has 0 radical (unpaired) electrons. The summed E-state index contributed by atoms with van der Waals surface area (Å²) in [6.07, 6.45) is 2.97. The highest BCUT2D eigenvalue weighted by molar-refractivity contribution is 5.81. The summed E-state index contributed by atoms with van der Waals surface area (Å²) in [7, 11) is 0. The summed E-state index contributed by atoms with van der Waals surface area (Å²) in [6.45, 7) is 16.3. The quantitative estimate of drug-likeness (QED) is 0.477. The van der Waals surface area contributed by atoms with Gasteiger partial charge >= 0.3 is 5.97 Å². The Morgan fingerprint density at radius 1 is 1.32 bits per heavy atom. The van der Waals surface area contributed by atoms with Crippen molar-refractivity contribution >= 4 is 17.7 Å². The highest BCUT2D eigenvalue weighted by atomic mass is 16.5. The number of likely N-dealkylation sites (N-methyl/N-ethyl adjacent to an activating group) is 1. The van der Waals surface area contributed by atoms with Crippen molar-refractivity contribution in [1.82, 2.24) is 4.90 Å². The molecule has 122 valence electrons. The summed E-state index contributed by atoms with van der Waals surface area (Å²) in [4.78, 5) is 12.8. The van der Waals surface area contributed by atoms with Crippen molar-refractivity contribution in [2.24, 2.45) is 0 Å². The molecule has 1 aromatic rings. The molecule has 0 aliphatic carbocycles. The molecule has 1 aromatic carbocycles. The molecular formula is C18H28N2O2. The Morgan fingerprint density at radius 3 is 2.41 bits per heavy atom. The van der Waals surface area contributed by atoms with Gasteiger partial charge in [-0.1, -0.05) is 45.2 Å². The van der Waals surface area contributed by atoms with Crippen molar-refractivity contribution in [1.29, 1.82) is 0 Å². The van der Waals surface area contributed by atoms with Crippen LogP contribution in [0.1, 0.15) is 25.0 Å². The summed E-state index contributed by atoms with van der Waals surface area (Å²) in [5.74, 6) is -0.345. The van der Waals surface area contributed by atoms with Crippen molar-refractivity contribution in [3.8, 4) is 0 Å². The molecule has 0 saturated heterocycles. The number of nitrogens with zero attached hydrogens (tertiary/aromatic N) is 1. The number of nitrogen functional groups attached to an aromatic ring is 1. The normalized spacial score (nSPS) is 9.64. The average molecular weight is 304 g/mol. The molecule has 0 bridgehead atoms. The fraction of sp³-hybridized carbons (Fsp3) is 0.389. The largest absolute Gasteiger partial charge is 0.461 e. The molecule has 0 aliphatic rings. The Kier molecular flexibility index (Phi) is 10.5. The molecule has 0 aromatic heterocycles. The van der Waals surface area contributed by atoms with Crippen LogP contribution in [0, 0.1) is 6.92 Å². The molecule has 0 heterocycles. The van der Waals surface area contributed by atoms with Crippen molar-refractivity contribution in [3.05, 3.63) is 48.6 Å². The van der Waals surface area contributed by atoms with Crippen LogP contribution in [0.15, 0.2) is 37.4 Å². The first-order chi connectivity index (χ1) is 10.5. The minimum absolute atomic E-state index is 0.345. The number of nitrogens with two attached hydrogens (primary N) is 1. The van der Waals surface area contributed by atoms with Gasteiger partial charge < -0.3 is 15.4 Å². The molecule has 0 aliphatic heterocycles. The van der Waals surface area contributed by atoms with Gasteiger partial charge in [0, 0.05) is 18.3 Å². The van der Waals surface area contributed by atoms with Crippen molar-refractivity contribution in [2.45, 2.75) is 20.8 Å². The van der Waals surface area contributed by atoms with Gasteiger partial charge in [-0.2, -0.15) is 0 Å². The van der Waals surface area contributed by atoms with Crippen LogP contribution in [0.5, 0.6) is 0 Å². The minimum atomic E-state index is -0.345. The zero-order chi connectivity index (χ0) is 17.0. The van der Waals surface area contributed by atoms with E-state index in [-0.39, 0.29) is 5.97 Å². The third-order valence-electron chi connectivity index (χ3n) is 3.25. The number of rotatable bonds is 7. The fourth-order valence-corrected chi connectivity index (χ4v) is 1.66. The molecular weight excluding hydrogens is 276 g/mol. The van der Waals surface area contributed by atoms with E-state index in [1.54, 1.807) is 6.08 Å². The van der Waals surface area contributed by atoms with Gasteiger partial charge in [-0.3, -0.25) is 0 Å². The predicted molar refractivity (Wildman–Crippen MR) is 94.6 cm³/mol. The number of ether oxygens (including phenoxy) is 1. The lowest BCUT2D eigenvalue weighted by Crippen LogP contribution is -2.27. The summed E-state index contributed by atoms with van der Waals surface area (Å²) in [5, 5.41) is 0. The maximum atomic E-state index is 10.6. The molecule has 0 saturated carbocycles. The lowest BCUT2D eigenvalue weighted by molar-refractivity contribution is -0.138. The van der Waals surface area contributed by atoms with Crippen LogP contribution in [0.2, 0.25) is 0 Å². The number of aryl methyl sites for hydroxylation is 1. The summed E-state index contributed by atoms with van der Waals surface area (Å²) in [5.41, 5.74) is 8.67. The summed E-state index contributed by atoms with van der Waals surface area (Å²) in [6, 6.07) is 5.91. The third kappa shape index (κ3) is 8.27. The molecule has 0 unspecified atom stereocenters. The number of hydrogen-bond donors (Lipinski definition) is 1. The topological polar surface area (TPSA) is 55.6 Å². The molecule has 0 atom stereocenters. The van der Waals surface area contributed by atoms with E-state index in [0.717, 1.165) is 36.4 Å². The van der Waals surface area contributed by atoms with Gasteiger partial charge in [0.05, 0.1) is 0 Å². The Balaban J connectivity index is 0.000000406. The highest BCUT2D eigenvalue weighted by Gasteiger charge is 1.99. The number of carbonyl (C=O) groups excluding carboxylic acids is 1. The van der Waals surface area contributed by atoms with Crippen LogP contribution in [0.25, 0.3) is 6.08 Å². The molecule has 4 nitrogen and oxygen atoms in total. The van der Waals surface area contributed by atoms with E-state index in [1.165, 1.54) is 6.08 Å². The van der Waals surface area contributed by atoms with Crippen molar-refractivity contribution in [3.63, 3.8) is 0 Å². The van der Waals surface area contributed by atoms with E-state index in [4.69, 9.17) is 10.5 Å². The number of esters is 1. The van der Waals surface area contributed by atoms with Gasteiger partial charge in [-0.15, -0.1) is 0 Å². The van der Waals surface area contributed by atoms with Crippen LogP contribution in [-0.4, -0.2) is 37.1 Å². The van der Waals surface area contributed by atoms with E-state index >= 15 is 0 Å². The fourth-order valence-electron chi connectivity index (χ4n) is 1.66. The summed E-state index contributed by atoms with van der Waals surface area (Å²) >= 11 is 0. The molecule has 1 rings (SSSR count). The zero-order valence-electron chi connectivity index (χ0n) is 14.0. The molecule has 0 amide bonds. The first-order valence-corrected chi connectivity index (χ1v) is 7.48. The standard InChI is InChI=1S/C9H17NO2.C9H11N/c1-4-9(11)12-8-7-10(5-2)6-3;1-3-8-5-4-7(2)9(10)6-8/h4H,1,5-8H2,2-3H3;3-6H,1,10H2,2H3. The van der Waals surface area contributed by atoms with Gasteiger partial charge in [-0.05, 0) is 37.2 Å². The lowest BCUT2D eigenvalue weighted by atomic mass is 10.1. The van der Waals surface area contributed by atoms with Crippen molar-refractivity contribution < 1.29 is 9.53 Å². The Labute approximate surface area is 134 Å². The third-order valence-corrected chi connectivity index (χ3v) is 3.25. The lowest BCUT2D eigenvalue weighted by Gasteiger charge is -2.16. The van der Waals surface area contributed by atoms with Crippen LogP contribution in [-0.2, 0) is 9.53 Å². The van der Waals surface area contributed by atoms with E-state index in [0.29, 0.717) is 6.61 Å². The molecule has 4 heteroatoms. The summed E-state index contributed by atoms with van der Waals surface area (Å²) < 4.78 is 4.83. The predicted octanol–water partition coefficient (Wildman–Crippen LogP) is 3.28. The molecule has 0 fully saturated rings. The van der Waals surface area contributed by atoms with Crippen LogP contribution < -0.4 is 5.73 Å². The van der Waals surface area contributed by atoms with Crippen LogP contribution in [0.3, 0.4) is 0 Å². The SMILES string of the molecule is C=CC(=O)OCCN(CC)CC.C=Cc1ccc(C)c(N)c1. The zero-order valence-corrected chi connectivity index (χ0v) is 14.0. The van der Waals surface area contributed by atoms with E-state index in [9.17, 15) is 4.79 Å². The van der Waals surface area contributed by atoms with Gasteiger partial charge in [0.15, 0.2) is 0 Å². The van der Waals surface area contributed by atoms with Gasteiger partial charge in [0.25, 0.3) is 0 Å². The second kappa shape index (κ2) is 11.6. The van der Waals surface area contributed by atoms with Crippen LogP contribution in [0.4, 0.5) is 5.69 Å². The van der Waals surface area contributed by atoms with Gasteiger partial charge in [0.1, 0.15) is 6.61 Å². The monoisotopic (exact) mass is 304 g/mol. The Bertz CT molecular complexity index is 480. The van der Waals surface area contributed by atoms with Gasteiger partial charge in [-0.25, -0.2) is 4.79 Å². The first kappa shape index (κ1) is 19.9. The molecule has 2 N–H and O–H groups in total. The van der Waals surface area contributed by atoms with Crippen molar-refractivity contribution in [2.75, 3.05) is 32.0 Å². The van der Waals surface area contributed by atoms with E-state index in [2.05, 4.69) is 31.9 Å². The maximum absolute atomic E-state index is 10.6. The minimum Gasteiger partial charge on any atom is -0.461 e. The average Bonchev–Trinajstić information content (AvgIpc) is 2.54. The first-order valence-electron chi connectivity index (χ1n) is 7.48. The van der Waals surface area contributed by atoms with E-state index in [1.807, 2.05) is 25.1 Å². The van der Waals surface area contributed by atoms with Crippen LogP contribution >= 0.6 is 0 Å². The molecule has 0 spiro atoms. The van der Waals surface area contributed by atoms with Gasteiger partial charge in [0.2, 0.25) is 0 Å². The second-order valence-electron chi connectivity index (χ2n) is 4.72. The number of carbonyl (C=O) groups is 1.